The Balaban J connectivity index is 5.56. The molecule has 0 saturated heterocycles. The Bertz CT molecular complexity index is 1690. The minimum absolute atomic E-state index is 0.0180. The second-order valence-electron chi connectivity index (χ2n) is 19.5. The van der Waals surface area contributed by atoms with Crippen molar-refractivity contribution in [2.75, 3.05) is 40.9 Å². The highest BCUT2D eigenvalue weighted by Gasteiger charge is 2.30. The molecule has 408 valence electrons. The molecule has 0 saturated carbocycles. The number of phosphoric ester groups is 1. The monoisotopic (exact) mass is 1020 g/mol. The Morgan fingerprint density at radius 3 is 1.50 bits per heavy atom. The maximum absolute atomic E-state index is 13.5. The van der Waals surface area contributed by atoms with Gasteiger partial charge in [-0.2, -0.15) is 0 Å². The van der Waals surface area contributed by atoms with Crippen LogP contribution in [0.5, 0.6) is 0 Å². The van der Waals surface area contributed by atoms with E-state index in [9.17, 15) is 19.0 Å². The van der Waals surface area contributed by atoms with Gasteiger partial charge in [-0.1, -0.05) is 225 Å². The summed E-state index contributed by atoms with van der Waals surface area (Å²) in [6, 6.07) is -0.893. The molecule has 0 bridgehead atoms. The average molecular weight is 1020 g/mol. The molecular weight excluding hydrogens is 916 g/mol. The van der Waals surface area contributed by atoms with E-state index in [1.165, 1.54) is 57.8 Å². The van der Waals surface area contributed by atoms with E-state index in [0.717, 1.165) is 89.9 Å². The number of ether oxygens (including phenoxy) is 1. The number of carbonyl (C=O) groups is 2. The van der Waals surface area contributed by atoms with Crippen molar-refractivity contribution in [3.8, 4) is 0 Å². The van der Waals surface area contributed by atoms with Crippen LogP contribution in [-0.2, 0) is 27.9 Å². The van der Waals surface area contributed by atoms with Crippen LogP contribution < -0.4 is 5.32 Å². The van der Waals surface area contributed by atoms with Gasteiger partial charge in [-0.3, -0.25) is 18.6 Å². The molecule has 1 amide bonds. The van der Waals surface area contributed by atoms with E-state index in [1.807, 2.05) is 94.1 Å². The van der Waals surface area contributed by atoms with E-state index in [2.05, 4.69) is 86.8 Å². The number of likely N-dealkylation sites (N-methyl/N-ethyl adjacent to an activating group) is 1. The molecular formula is C62H104N2O7P+. The number of rotatable bonds is 48. The fourth-order valence-corrected chi connectivity index (χ4v) is 7.93. The lowest BCUT2D eigenvalue weighted by molar-refractivity contribution is -0.870. The zero-order valence-electron chi connectivity index (χ0n) is 46.4. The number of allylic oxidation sites excluding steroid dienone is 21. The number of esters is 1. The molecule has 0 aromatic rings. The number of quaternary nitrogens is 1. The van der Waals surface area contributed by atoms with E-state index >= 15 is 0 Å². The second-order valence-corrected chi connectivity index (χ2v) is 20.9. The first kappa shape index (κ1) is 68.2. The summed E-state index contributed by atoms with van der Waals surface area (Å²) >= 11 is 0. The van der Waals surface area contributed by atoms with Gasteiger partial charge in [-0.25, -0.2) is 4.57 Å². The minimum atomic E-state index is -4.47. The summed E-state index contributed by atoms with van der Waals surface area (Å²) in [7, 11) is 1.42. The molecule has 0 aromatic heterocycles. The zero-order chi connectivity index (χ0) is 52.9. The van der Waals surface area contributed by atoms with Crippen LogP contribution >= 0.6 is 7.82 Å². The molecule has 3 unspecified atom stereocenters. The van der Waals surface area contributed by atoms with Gasteiger partial charge in [-0.05, 0) is 89.5 Å². The van der Waals surface area contributed by atoms with Crippen molar-refractivity contribution in [2.24, 2.45) is 0 Å². The maximum atomic E-state index is 13.5. The Kier molecular flexibility index (Phi) is 48.0. The molecule has 2 N–H and O–H groups in total. The normalized spacial score (nSPS) is 14.8. The molecule has 0 heterocycles. The van der Waals surface area contributed by atoms with Gasteiger partial charge in [0.05, 0.1) is 33.8 Å². The smallest absolute Gasteiger partial charge is 0.456 e. The van der Waals surface area contributed by atoms with Gasteiger partial charge in [0.1, 0.15) is 19.3 Å². The number of nitrogens with one attached hydrogen (secondary N) is 1. The largest absolute Gasteiger partial charge is 0.472 e. The van der Waals surface area contributed by atoms with E-state index in [0.29, 0.717) is 23.9 Å². The van der Waals surface area contributed by atoms with Gasteiger partial charge in [0.2, 0.25) is 5.91 Å². The molecule has 0 aromatic carbocycles. The molecule has 0 aliphatic rings. The number of hydrogen-bond donors (Lipinski definition) is 2. The van der Waals surface area contributed by atoms with Gasteiger partial charge in [-0.15, -0.1) is 0 Å². The zero-order valence-corrected chi connectivity index (χ0v) is 47.3. The average Bonchev–Trinajstić information content (AvgIpc) is 3.34. The minimum Gasteiger partial charge on any atom is -0.456 e. The summed E-state index contributed by atoms with van der Waals surface area (Å²) in [6.07, 6.45) is 71.6. The van der Waals surface area contributed by atoms with Crippen molar-refractivity contribution in [3.05, 3.63) is 134 Å². The van der Waals surface area contributed by atoms with Crippen LogP contribution in [-0.4, -0.2) is 74.3 Å². The third-order valence-corrected chi connectivity index (χ3v) is 12.5. The fourth-order valence-electron chi connectivity index (χ4n) is 7.20. The molecule has 0 spiro atoms. The third kappa shape index (κ3) is 51.1. The third-order valence-electron chi connectivity index (χ3n) is 11.5. The topological polar surface area (TPSA) is 111 Å². The number of hydrogen-bond acceptors (Lipinski definition) is 6. The molecule has 9 nitrogen and oxygen atoms in total. The lowest BCUT2D eigenvalue weighted by Crippen LogP contribution is -2.47. The van der Waals surface area contributed by atoms with Crippen LogP contribution in [0.25, 0.3) is 0 Å². The molecule has 0 fully saturated rings. The summed E-state index contributed by atoms with van der Waals surface area (Å²) < 4.78 is 30.5. The van der Waals surface area contributed by atoms with Crippen molar-refractivity contribution in [3.63, 3.8) is 0 Å². The van der Waals surface area contributed by atoms with Crippen LogP contribution in [0, 0.1) is 0 Å². The van der Waals surface area contributed by atoms with Gasteiger partial charge < -0.3 is 19.4 Å². The first-order valence-electron chi connectivity index (χ1n) is 28.1. The number of unbranched alkanes of at least 4 members (excludes halogenated alkanes) is 17. The van der Waals surface area contributed by atoms with Crippen LogP contribution in [0.15, 0.2) is 134 Å². The van der Waals surface area contributed by atoms with Crippen LogP contribution in [0.3, 0.4) is 0 Å². The molecule has 0 radical (unpaired) electrons. The summed E-state index contributed by atoms with van der Waals surface area (Å²) in [5, 5.41) is 3.01. The molecule has 3 atom stereocenters. The molecule has 72 heavy (non-hydrogen) atoms. The number of carbonyl (C=O) groups excluding carboxylic acids is 2. The highest BCUT2D eigenvalue weighted by molar-refractivity contribution is 7.47. The Hall–Kier alpha value is -3.85. The van der Waals surface area contributed by atoms with Crippen molar-refractivity contribution in [1.29, 1.82) is 0 Å². The van der Waals surface area contributed by atoms with E-state index in [4.69, 9.17) is 13.8 Å². The van der Waals surface area contributed by atoms with Crippen molar-refractivity contribution < 1.29 is 37.3 Å². The summed E-state index contributed by atoms with van der Waals surface area (Å²) in [4.78, 5) is 37.6. The predicted octanol–water partition coefficient (Wildman–Crippen LogP) is 16.9. The summed E-state index contributed by atoms with van der Waals surface area (Å²) in [6.45, 7) is 6.66. The van der Waals surface area contributed by atoms with Crippen molar-refractivity contribution in [1.82, 2.24) is 5.32 Å². The van der Waals surface area contributed by atoms with E-state index in [-0.39, 0.29) is 37.9 Å². The summed E-state index contributed by atoms with van der Waals surface area (Å²) in [5.74, 6) is -0.606. The highest BCUT2D eigenvalue weighted by atomic mass is 31.2. The number of nitrogens with zero attached hydrogens (tertiary/aromatic N) is 1. The quantitative estimate of drug-likeness (QED) is 0.0156. The predicted molar refractivity (Wildman–Crippen MR) is 309 cm³/mol. The fraction of sp³-hybridized carbons (Fsp3) is 0.613. The van der Waals surface area contributed by atoms with Gasteiger partial charge in [0, 0.05) is 12.8 Å². The maximum Gasteiger partial charge on any atom is 0.472 e. The second kappa shape index (κ2) is 50.7. The lowest BCUT2D eigenvalue weighted by atomic mass is 10.0. The molecule has 0 aliphatic heterocycles. The van der Waals surface area contributed by atoms with Crippen molar-refractivity contribution >= 4 is 19.7 Å². The van der Waals surface area contributed by atoms with E-state index in [1.54, 1.807) is 0 Å². The first-order valence-corrected chi connectivity index (χ1v) is 29.6. The Morgan fingerprint density at radius 2 is 0.958 bits per heavy atom. The molecule has 0 rings (SSSR count). The Morgan fingerprint density at radius 1 is 0.514 bits per heavy atom. The Labute approximate surface area is 441 Å². The SMILES string of the molecule is CC\C=C/C=C/C=C/C=C\C=C\C=C\CCCCCC(=O)OC(/C=C/CCCCCCCCCCCCC)C(COP(=O)(O)OCC[N+](C)(C)C)NC(=O)CCCCC/C=C/C/C=C/C/C=C/C/C=C/CC. The lowest BCUT2D eigenvalue weighted by Gasteiger charge is -2.27. The standard InChI is InChI=1S/C62H103N2O7P/c1-7-10-13-16-19-22-25-28-30-32-34-37-40-43-46-49-52-55-62(66)71-60(53-50-47-44-41-38-35-27-24-21-18-15-12-9-3)59(58-70-72(67,68)69-57-56-64(4,5)6)63-61(65)54-51-48-45-42-39-36-33-31-29-26-23-20-17-14-11-8-2/h10-11,13-14,16,19-20,22-23,25,28-32,34,36-37,39-40,50,53,59-60H,7-9,12,15,17-18,21,24,26-27,33,35,38,41-49,51-52,54-58H2,1-6H3,(H-,63,65,67,68)/p+1/b13-10-,14-11+,19-16+,23-20+,25-22+,30-28-,31-29+,34-32+,39-36+,40-37+,53-50+. The van der Waals surface area contributed by atoms with Crippen molar-refractivity contribution in [2.45, 2.75) is 206 Å². The first-order chi connectivity index (χ1) is 34.9. The van der Waals surface area contributed by atoms with Gasteiger partial charge >= 0.3 is 13.8 Å². The van der Waals surface area contributed by atoms with Gasteiger partial charge in [0.25, 0.3) is 0 Å². The molecule has 10 heteroatoms. The van der Waals surface area contributed by atoms with Crippen LogP contribution in [0.1, 0.15) is 194 Å². The number of amides is 1. The molecule has 0 aliphatic carbocycles. The van der Waals surface area contributed by atoms with Crippen LogP contribution in [0.2, 0.25) is 0 Å². The highest BCUT2D eigenvalue weighted by Crippen LogP contribution is 2.43. The summed E-state index contributed by atoms with van der Waals surface area (Å²) in [5.41, 5.74) is 0. The van der Waals surface area contributed by atoms with Gasteiger partial charge in [0.15, 0.2) is 0 Å². The van der Waals surface area contributed by atoms with E-state index < -0.39 is 20.0 Å². The number of phosphoric acid groups is 1. The van der Waals surface area contributed by atoms with Crippen LogP contribution in [0.4, 0.5) is 0 Å².